The third kappa shape index (κ3) is 4.90. The maximum atomic E-state index is 13.8. The van der Waals surface area contributed by atoms with Crippen LogP contribution < -0.4 is 14.4 Å². The number of ether oxygens (including phenoxy) is 2. The first-order valence-electron chi connectivity index (χ1n) is 13.9. The molecule has 0 aliphatic carbocycles. The van der Waals surface area contributed by atoms with Gasteiger partial charge in [0.05, 0.1) is 41.2 Å². The number of imidazole rings is 1. The molecular weight excluding hydrogens is 588 g/mol. The van der Waals surface area contributed by atoms with Crippen molar-refractivity contribution in [3.63, 3.8) is 0 Å². The van der Waals surface area contributed by atoms with Crippen LogP contribution in [0.25, 0.3) is 21.6 Å². The lowest BCUT2D eigenvalue weighted by atomic mass is 9.96. The number of ketones is 1. The molecule has 4 heterocycles. The quantitative estimate of drug-likeness (QED) is 0.0863. The van der Waals surface area contributed by atoms with Crippen LogP contribution in [0.3, 0.4) is 0 Å². The number of Topliss-reactive ketones (excluding diaryl/α,β-unsaturated/α-hetero) is 1. The van der Waals surface area contributed by atoms with Crippen molar-refractivity contribution in [1.82, 2.24) is 14.4 Å². The number of benzene rings is 2. The number of hydrogen-bond donors (Lipinski definition) is 1. The number of nitrogens with zero attached hydrogens (tertiary/aromatic N) is 4. The molecule has 1 unspecified atom stereocenters. The van der Waals surface area contributed by atoms with Crippen LogP contribution in [0.1, 0.15) is 48.3 Å². The monoisotopic (exact) mass is 616 g/mol. The maximum Gasteiger partial charge on any atom is 0.301 e. The summed E-state index contributed by atoms with van der Waals surface area (Å²) in [5.74, 6) is -1.03. The Morgan fingerprint density at radius 2 is 1.91 bits per heavy atom. The highest BCUT2D eigenvalue weighted by Crippen LogP contribution is 2.46. The minimum absolute atomic E-state index is 0.0897. The van der Waals surface area contributed by atoms with E-state index in [0.29, 0.717) is 50.7 Å². The highest BCUT2D eigenvalue weighted by Gasteiger charge is 2.49. The van der Waals surface area contributed by atoms with Gasteiger partial charge in [0.15, 0.2) is 22.4 Å². The molecule has 1 aliphatic rings. The molecule has 1 atom stereocenters. The van der Waals surface area contributed by atoms with Gasteiger partial charge in [0, 0.05) is 11.2 Å². The van der Waals surface area contributed by atoms with Gasteiger partial charge in [-0.15, -0.1) is 0 Å². The van der Waals surface area contributed by atoms with Crippen molar-refractivity contribution < 1.29 is 24.2 Å². The summed E-state index contributed by atoms with van der Waals surface area (Å²) in [5, 5.41) is 12.6. The van der Waals surface area contributed by atoms with E-state index in [9.17, 15) is 14.7 Å². The molecule has 0 bridgehead atoms. The molecule has 1 aliphatic heterocycles. The Labute approximate surface area is 257 Å². The fraction of sp³-hybridized carbons (Fsp3) is 0.250. The molecule has 11 heteroatoms. The van der Waals surface area contributed by atoms with Gasteiger partial charge in [-0.2, -0.15) is 0 Å². The van der Waals surface area contributed by atoms with Crippen molar-refractivity contribution in [2.24, 2.45) is 0 Å². The average molecular weight is 617 g/mol. The number of amides is 1. The minimum atomic E-state index is -1.01. The predicted molar refractivity (Wildman–Crippen MR) is 167 cm³/mol. The number of methoxy groups -OCH3 is 1. The number of aryl methyl sites for hydroxylation is 2. The van der Waals surface area contributed by atoms with Crippen molar-refractivity contribution in [1.29, 1.82) is 0 Å². The number of thiazole rings is 1. The van der Waals surface area contributed by atoms with Crippen molar-refractivity contribution in [2.75, 3.05) is 18.6 Å². The molecule has 5 aromatic rings. The zero-order valence-electron chi connectivity index (χ0n) is 24.1. The number of halogens is 1. The summed E-state index contributed by atoms with van der Waals surface area (Å²) in [6.07, 6.45) is 3.70. The Kier molecular flexibility index (Phi) is 7.57. The van der Waals surface area contributed by atoms with Gasteiger partial charge >= 0.3 is 5.91 Å². The van der Waals surface area contributed by atoms with Crippen LogP contribution in [0.2, 0.25) is 5.02 Å². The minimum Gasteiger partial charge on any atom is -0.505 e. The van der Waals surface area contributed by atoms with E-state index in [1.54, 1.807) is 36.4 Å². The first kappa shape index (κ1) is 28.7. The Balaban J connectivity index is 1.56. The third-order valence-corrected chi connectivity index (χ3v) is 8.81. The predicted octanol–water partition coefficient (Wildman–Crippen LogP) is 7.03. The lowest BCUT2D eigenvalue weighted by Gasteiger charge is -2.23. The number of rotatable bonds is 8. The molecule has 1 fully saturated rings. The summed E-state index contributed by atoms with van der Waals surface area (Å²) in [5.41, 5.74) is 3.48. The zero-order chi connectivity index (χ0) is 30.4. The van der Waals surface area contributed by atoms with E-state index in [1.807, 2.05) is 36.6 Å². The zero-order valence-corrected chi connectivity index (χ0v) is 25.6. The van der Waals surface area contributed by atoms with Crippen LogP contribution in [0.5, 0.6) is 11.5 Å². The largest absolute Gasteiger partial charge is 0.505 e. The van der Waals surface area contributed by atoms with E-state index in [4.69, 9.17) is 21.1 Å². The smallest absolute Gasteiger partial charge is 0.301 e. The number of carbonyl (C=O) groups excluding carboxylic acids is 2. The van der Waals surface area contributed by atoms with E-state index < -0.39 is 17.7 Å². The van der Waals surface area contributed by atoms with Crippen LogP contribution in [-0.4, -0.2) is 44.9 Å². The average Bonchev–Trinajstić information content (AvgIpc) is 3.65. The van der Waals surface area contributed by atoms with Crippen LogP contribution in [0.4, 0.5) is 5.13 Å². The summed E-state index contributed by atoms with van der Waals surface area (Å²) in [7, 11) is 1.53. The third-order valence-electron chi connectivity index (χ3n) is 7.56. The Hall–Kier alpha value is -4.41. The molecule has 2 aromatic carbocycles. The van der Waals surface area contributed by atoms with E-state index in [1.165, 1.54) is 23.3 Å². The van der Waals surface area contributed by atoms with Gasteiger partial charge in [-0.05, 0) is 67.8 Å². The van der Waals surface area contributed by atoms with E-state index >= 15 is 0 Å². The number of unbranched alkanes of at least 4 members (excludes halogenated alkanes) is 1. The molecular formula is C32H29ClN4O5S. The molecule has 0 saturated carbocycles. The highest BCUT2D eigenvalue weighted by molar-refractivity contribution is 7.22. The first-order chi connectivity index (χ1) is 20.7. The SMILES string of the molecule is CCCCOc1ccc(C2/C(=C(\O)c3nc4c(C)cccn4c3C)C(=O)C(=O)N2c2nc3ccc(Cl)cc3s2)cc1OC. The summed E-state index contributed by atoms with van der Waals surface area (Å²) < 4.78 is 14.2. The van der Waals surface area contributed by atoms with Gasteiger partial charge in [0.1, 0.15) is 11.3 Å². The normalized spacial score (nSPS) is 16.5. The highest BCUT2D eigenvalue weighted by atomic mass is 35.5. The van der Waals surface area contributed by atoms with Crippen LogP contribution >= 0.6 is 22.9 Å². The Morgan fingerprint density at radius 3 is 2.65 bits per heavy atom. The summed E-state index contributed by atoms with van der Waals surface area (Å²) >= 11 is 7.45. The summed E-state index contributed by atoms with van der Waals surface area (Å²) in [6, 6.07) is 13.3. The van der Waals surface area contributed by atoms with Gasteiger partial charge in [0.25, 0.3) is 5.78 Å². The number of aliphatic hydroxyl groups is 1. The molecule has 220 valence electrons. The molecule has 0 spiro atoms. The van der Waals surface area contributed by atoms with Crippen molar-refractivity contribution in [3.8, 4) is 11.5 Å². The second-order valence-corrected chi connectivity index (χ2v) is 11.8. The van der Waals surface area contributed by atoms with Gasteiger partial charge in [0.2, 0.25) is 0 Å². The van der Waals surface area contributed by atoms with Crippen LogP contribution in [0.15, 0.2) is 60.3 Å². The number of aromatic nitrogens is 3. The Bertz CT molecular complexity index is 1950. The number of carbonyl (C=O) groups is 2. The van der Waals surface area contributed by atoms with Crippen molar-refractivity contribution in [3.05, 3.63) is 87.8 Å². The van der Waals surface area contributed by atoms with Gasteiger partial charge in [-0.3, -0.25) is 14.5 Å². The van der Waals surface area contributed by atoms with E-state index in [-0.39, 0.29) is 17.0 Å². The summed E-state index contributed by atoms with van der Waals surface area (Å²) in [4.78, 5) is 38.3. The topological polar surface area (TPSA) is 106 Å². The fourth-order valence-electron chi connectivity index (χ4n) is 5.31. The fourth-order valence-corrected chi connectivity index (χ4v) is 6.58. The molecule has 9 nitrogen and oxygen atoms in total. The second kappa shape index (κ2) is 11.3. The number of hydrogen-bond acceptors (Lipinski definition) is 8. The van der Waals surface area contributed by atoms with Crippen LogP contribution in [-0.2, 0) is 9.59 Å². The molecule has 6 rings (SSSR count). The number of aliphatic hydroxyl groups excluding tert-OH is 1. The van der Waals surface area contributed by atoms with Gasteiger partial charge in [-0.1, -0.05) is 48.4 Å². The van der Waals surface area contributed by atoms with Crippen molar-refractivity contribution in [2.45, 2.75) is 39.7 Å². The van der Waals surface area contributed by atoms with E-state index in [0.717, 1.165) is 23.1 Å². The molecule has 0 radical (unpaired) electrons. The lowest BCUT2D eigenvalue weighted by molar-refractivity contribution is -0.132. The van der Waals surface area contributed by atoms with E-state index in [2.05, 4.69) is 16.9 Å². The molecule has 1 saturated heterocycles. The number of anilines is 1. The van der Waals surface area contributed by atoms with Crippen molar-refractivity contribution >= 4 is 61.4 Å². The molecule has 1 amide bonds. The molecule has 3 aromatic heterocycles. The number of fused-ring (bicyclic) bond motifs is 2. The van der Waals surface area contributed by atoms with Gasteiger partial charge in [-0.25, -0.2) is 9.97 Å². The standard InChI is InChI=1S/C32H29ClN4O5S/c1-5-6-14-42-22-12-9-19(15-23(22)41-4)27-25(28(38)26-18(3)36-13-7-8-17(2)30(36)35-26)29(39)31(40)37(27)32-34-21-11-10-20(33)16-24(21)43-32/h7-13,15-16,27,38H,5-6,14H2,1-4H3/b28-25+. The molecule has 43 heavy (non-hydrogen) atoms. The second-order valence-electron chi connectivity index (χ2n) is 10.3. The summed E-state index contributed by atoms with van der Waals surface area (Å²) in [6.45, 7) is 6.32. The number of pyridine rings is 1. The van der Waals surface area contributed by atoms with Crippen LogP contribution in [0, 0.1) is 13.8 Å². The molecule has 1 N–H and O–H groups in total. The lowest BCUT2D eigenvalue weighted by Crippen LogP contribution is -2.29. The maximum absolute atomic E-state index is 13.8. The Morgan fingerprint density at radius 1 is 1.09 bits per heavy atom. The van der Waals surface area contributed by atoms with Gasteiger partial charge < -0.3 is 19.0 Å². The first-order valence-corrected chi connectivity index (χ1v) is 15.0.